The van der Waals surface area contributed by atoms with Crippen molar-refractivity contribution in [3.05, 3.63) is 54.1 Å². The maximum Gasteiger partial charge on any atom is 0.155 e. The fourth-order valence-electron chi connectivity index (χ4n) is 3.41. The van der Waals surface area contributed by atoms with Crippen molar-refractivity contribution in [2.24, 2.45) is 0 Å². The Morgan fingerprint density at radius 1 is 1.04 bits per heavy atom. The summed E-state index contributed by atoms with van der Waals surface area (Å²) in [6.07, 6.45) is 5.87. The second-order valence-corrected chi connectivity index (χ2v) is 6.11. The number of aryl methyl sites for hydroxylation is 2. The molecular formula is C18H16N6. The lowest BCUT2D eigenvalue weighted by Gasteiger charge is -2.05. The zero-order valence-electron chi connectivity index (χ0n) is 13.3. The number of pyridine rings is 1. The van der Waals surface area contributed by atoms with E-state index in [9.17, 15) is 0 Å². The van der Waals surface area contributed by atoms with Gasteiger partial charge in [-0.3, -0.25) is 9.67 Å². The van der Waals surface area contributed by atoms with Crippen LogP contribution in [0.3, 0.4) is 0 Å². The summed E-state index contributed by atoms with van der Waals surface area (Å²) in [4.78, 5) is 9.46. The minimum Gasteiger partial charge on any atom is -0.268 e. The molecule has 0 aromatic carbocycles. The van der Waals surface area contributed by atoms with E-state index in [4.69, 9.17) is 10.1 Å². The lowest BCUT2D eigenvalue weighted by atomic mass is 10.0. The predicted octanol–water partition coefficient (Wildman–Crippen LogP) is 2.91. The van der Waals surface area contributed by atoms with Gasteiger partial charge in [-0.2, -0.15) is 10.2 Å². The van der Waals surface area contributed by atoms with Crippen LogP contribution in [0.15, 0.2) is 42.7 Å². The van der Waals surface area contributed by atoms with Crippen LogP contribution < -0.4 is 0 Å². The zero-order chi connectivity index (χ0) is 16.1. The van der Waals surface area contributed by atoms with Crippen molar-refractivity contribution in [1.29, 1.82) is 0 Å². The summed E-state index contributed by atoms with van der Waals surface area (Å²) < 4.78 is 3.88. The second kappa shape index (κ2) is 4.99. The summed E-state index contributed by atoms with van der Waals surface area (Å²) in [7, 11) is 0. The maximum atomic E-state index is 4.84. The van der Waals surface area contributed by atoms with Crippen LogP contribution in [0.2, 0.25) is 0 Å². The van der Waals surface area contributed by atoms with Crippen molar-refractivity contribution in [2.75, 3.05) is 0 Å². The first-order valence-corrected chi connectivity index (χ1v) is 8.14. The Hall–Kier alpha value is -3.02. The number of nitrogens with zero attached hydrogens (tertiary/aromatic N) is 6. The number of aromatic nitrogens is 6. The Balaban J connectivity index is 1.77. The first-order chi connectivity index (χ1) is 11.8. The molecule has 0 bridgehead atoms. The molecule has 0 atom stereocenters. The molecule has 1 aliphatic rings. The van der Waals surface area contributed by atoms with Crippen LogP contribution in [0, 0.1) is 6.92 Å². The fourth-order valence-corrected chi connectivity index (χ4v) is 3.41. The van der Waals surface area contributed by atoms with Gasteiger partial charge in [-0.05, 0) is 38.0 Å². The molecule has 0 saturated heterocycles. The lowest BCUT2D eigenvalue weighted by molar-refractivity contribution is 0.658. The van der Waals surface area contributed by atoms with Gasteiger partial charge in [0, 0.05) is 30.2 Å². The van der Waals surface area contributed by atoms with E-state index < -0.39 is 0 Å². The molecule has 0 aliphatic carbocycles. The third kappa shape index (κ3) is 1.96. The van der Waals surface area contributed by atoms with Crippen molar-refractivity contribution in [3.8, 4) is 22.6 Å². The zero-order valence-corrected chi connectivity index (χ0v) is 13.3. The molecule has 0 radical (unpaired) electrons. The standard InChI is InChI=1S/C18H16N6/c1-12-4-2-5-14(20-12)18-17(15-6-3-10-23(15)22-18)13-8-11-24-16(21-13)7-9-19-24/h2,4-5,7-9,11H,3,6,10H2,1H3. The molecule has 1 aliphatic heterocycles. The van der Waals surface area contributed by atoms with Crippen LogP contribution in [-0.4, -0.2) is 29.4 Å². The number of hydrogen-bond acceptors (Lipinski definition) is 4. The Kier molecular flexibility index (Phi) is 2.79. The molecule has 4 aromatic heterocycles. The predicted molar refractivity (Wildman–Crippen MR) is 90.5 cm³/mol. The summed E-state index contributed by atoms with van der Waals surface area (Å²) in [6.45, 7) is 2.96. The van der Waals surface area contributed by atoms with E-state index >= 15 is 0 Å². The first kappa shape index (κ1) is 13.4. The van der Waals surface area contributed by atoms with E-state index in [1.807, 2.05) is 43.5 Å². The van der Waals surface area contributed by atoms with E-state index in [-0.39, 0.29) is 0 Å². The Morgan fingerprint density at radius 2 is 2.00 bits per heavy atom. The highest BCUT2D eigenvalue weighted by molar-refractivity contribution is 5.80. The normalized spacial score (nSPS) is 13.5. The van der Waals surface area contributed by atoms with Crippen molar-refractivity contribution < 1.29 is 0 Å². The van der Waals surface area contributed by atoms with Gasteiger partial charge in [0.25, 0.3) is 0 Å². The third-order valence-corrected chi connectivity index (χ3v) is 4.49. The quantitative estimate of drug-likeness (QED) is 0.570. The SMILES string of the molecule is Cc1cccc(-c2nn3c(c2-c2ccn4nccc4n2)CCC3)n1. The van der Waals surface area contributed by atoms with Crippen molar-refractivity contribution in [3.63, 3.8) is 0 Å². The molecule has 0 unspecified atom stereocenters. The summed E-state index contributed by atoms with van der Waals surface area (Å²) in [5.74, 6) is 0. The maximum absolute atomic E-state index is 4.84. The molecule has 6 nitrogen and oxygen atoms in total. The monoisotopic (exact) mass is 316 g/mol. The van der Waals surface area contributed by atoms with Crippen LogP contribution in [0.4, 0.5) is 0 Å². The van der Waals surface area contributed by atoms with Crippen LogP contribution in [0.25, 0.3) is 28.3 Å². The van der Waals surface area contributed by atoms with Gasteiger partial charge in [0.2, 0.25) is 0 Å². The average Bonchev–Trinajstić information content (AvgIpc) is 3.29. The molecule has 0 amide bonds. The van der Waals surface area contributed by atoms with Crippen LogP contribution in [0.5, 0.6) is 0 Å². The molecule has 0 fully saturated rings. The highest BCUT2D eigenvalue weighted by Crippen LogP contribution is 2.36. The molecule has 5 rings (SSSR count). The van der Waals surface area contributed by atoms with Gasteiger partial charge < -0.3 is 0 Å². The van der Waals surface area contributed by atoms with E-state index in [1.165, 1.54) is 5.69 Å². The van der Waals surface area contributed by atoms with Crippen molar-refractivity contribution in [2.45, 2.75) is 26.3 Å². The summed E-state index contributed by atoms with van der Waals surface area (Å²) >= 11 is 0. The van der Waals surface area contributed by atoms with Gasteiger partial charge in [-0.1, -0.05) is 6.07 Å². The van der Waals surface area contributed by atoms with Crippen molar-refractivity contribution in [1.82, 2.24) is 29.4 Å². The molecule has 0 N–H and O–H groups in total. The van der Waals surface area contributed by atoms with Gasteiger partial charge in [0.1, 0.15) is 5.69 Å². The molecular weight excluding hydrogens is 300 g/mol. The van der Waals surface area contributed by atoms with E-state index in [1.54, 1.807) is 10.7 Å². The van der Waals surface area contributed by atoms with Crippen LogP contribution >= 0.6 is 0 Å². The Labute approximate surface area is 138 Å². The van der Waals surface area contributed by atoms with E-state index in [0.29, 0.717) is 0 Å². The Morgan fingerprint density at radius 3 is 2.92 bits per heavy atom. The van der Waals surface area contributed by atoms with Gasteiger partial charge in [-0.25, -0.2) is 9.50 Å². The summed E-state index contributed by atoms with van der Waals surface area (Å²) in [6, 6.07) is 9.97. The smallest absolute Gasteiger partial charge is 0.155 e. The first-order valence-electron chi connectivity index (χ1n) is 8.14. The second-order valence-electron chi connectivity index (χ2n) is 6.11. The highest BCUT2D eigenvalue weighted by atomic mass is 15.3. The minimum atomic E-state index is 0.841. The van der Waals surface area contributed by atoms with E-state index in [2.05, 4.69) is 14.8 Å². The van der Waals surface area contributed by atoms with Gasteiger partial charge in [0.05, 0.1) is 23.1 Å². The van der Waals surface area contributed by atoms with Gasteiger partial charge in [0.15, 0.2) is 5.65 Å². The molecule has 0 spiro atoms. The topological polar surface area (TPSA) is 60.9 Å². The third-order valence-electron chi connectivity index (χ3n) is 4.49. The van der Waals surface area contributed by atoms with Gasteiger partial charge >= 0.3 is 0 Å². The molecule has 118 valence electrons. The van der Waals surface area contributed by atoms with E-state index in [0.717, 1.165) is 53.4 Å². The average molecular weight is 316 g/mol. The fraction of sp³-hybridized carbons (Fsp3) is 0.222. The number of rotatable bonds is 2. The largest absolute Gasteiger partial charge is 0.268 e. The molecule has 5 heterocycles. The molecule has 4 aromatic rings. The van der Waals surface area contributed by atoms with Crippen LogP contribution in [0.1, 0.15) is 17.8 Å². The summed E-state index contributed by atoms with van der Waals surface area (Å²) in [5, 5.41) is 9.06. The number of hydrogen-bond donors (Lipinski definition) is 0. The number of fused-ring (bicyclic) bond motifs is 2. The molecule has 6 heteroatoms. The lowest BCUT2D eigenvalue weighted by Crippen LogP contribution is -1.95. The molecule has 24 heavy (non-hydrogen) atoms. The van der Waals surface area contributed by atoms with Crippen molar-refractivity contribution >= 4 is 5.65 Å². The van der Waals surface area contributed by atoms with Gasteiger partial charge in [-0.15, -0.1) is 0 Å². The Bertz CT molecular complexity index is 1060. The minimum absolute atomic E-state index is 0.841. The van der Waals surface area contributed by atoms with Crippen LogP contribution in [-0.2, 0) is 13.0 Å². The molecule has 0 saturated carbocycles. The summed E-state index contributed by atoms with van der Waals surface area (Å²) in [5.41, 5.74) is 6.95. The highest BCUT2D eigenvalue weighted by Gasteiger charge is 2.25.